The number of amides is 6. The third kappa shape index (κ3) is 9.42. The van der Waals surface area contributed by atoms with Crippen LogP contribution < -0.4 is 0 Å². The summed E-state index contributed by atoms with van der Waals surface area (Å²) in [6.45, 7) is 5.59. The molecule has 16 nitrogen and oxygen atoms in total. The van der Waals surface area contributed by atoms with Gasteiger partial charge in [0.05, 0.1) is 5.60 Å². The van der Waals surface area contributed by atoms with Crippen LogP contribution >= 0.6 is 0 Å². The number of hydrogen-bond donors (Lipinski definition) is 1. The van der Waals surface area contributed by atoms with Crippen LogP contribution in [0.5, 0.6) is 0 Å². The summed E-state index contributed by atoms with van der Waals surface area (Å²) in [6.07, 6.45) is 1.09. The van der Waals surface area contributed by atoms with Crippen LogP contribution in [0.1, 0.15) is 79.1 Å². The van der Waals surface area contributed by atoms with E-state index in [2.05, 4.69) is 14.5 Å². The van der Waals surface area contributed by atoms with Crippen LogP contribution in [0.15, 0.2) is 0 Å². The highest BCUT2D eigenvalue weighted by Crippen LogP contribution is 2.39. The highest BCUT2D eigenvalue weighted by molar-refractivity contribution is 6.02. The number of carbonyl (C=O) groups is 8. The molecule has 4 rings (SSSR count). The van der Waals surface area contributed by atoms with Gasteiger partial charge in [-0.3, -0.25) is 43.3 Å². The van der Waals surface area contributed by atoms with Crippen molar-refractivity contribution in [1.82, 2.24) is 15.2 Å². The molecule has 2 heterocycles. The van der Waals surface area contributed by atoms with E-state index in [1.807, 2.05) is 6.92 Å². The van der Waals surface area contributed by atoms with Crippen LogP contribution in [0, 0.1) is 0 Å². The smallest absolute Gasteiger partial charge is 0.426 e. The maximum absolute atomic E-state index is 11.2. The van der Waals surface area contributed by atoms with Crippen LogP contribution in [-0.2, 0) is 48.0 Å². The van der Waals surface area contributed by atoms with E-state index in [1.165, 1.54) is 0 Å². The minimum absolute atomic E-state index is 0.0742. The van der Waals surface area contributed by atoms with E-state index in [-0.39, 0.29) is 41.4 Å². The van der Waals surface area contributed by atoms with E-state index in [0.717, 1.165) is 39.5 Å². The van der Waals surface area contributed by atoms with Crippen molar-refractivity contribution in [2.45, 2.75) is 90.3 Å². The minimum atomic E-state index is -1.52. The molecular formula is C22H29N3O13. The second-order valence-corrected chi connectivity index (χ2v) is 9.32. The molecule has 16 heteroatoms. The first-order chi connectivity index (χ1) is 17.5. The predicted molar refractivity (Wildman–Crippen MR) is 118 cm³/mol. The lowest BCUT2D eigenvalue weighted by molar-refractivity contribution is -0.200. The molecule has 2 aliphatic heterocycles. The third-order valence-electron chi connectivity index (χ3n) is 5.34. The number of rotatable bonds is 3. The number of carbonyl (C=O) groups excluding carboxylic acids is 8. The second-order valence-electron chi connectivity index (χ2n) is 9.32. The van der Waals surface area contributed by atoms with E-state index in [9.17, 15) is 38.4 Å². The molecule has 4 fully saturated rings. The van der Waals surface area contributed by atoms with E-state index >= 15 is 0 Å². The maximum Gasteiger partial charge on any atom is 0.560 e. The maximum atomic E-state index is 11.2. The van der Waals surface area contributed by atoms with Crippen molar-refractivity contribution in [3.63, 3.8) is 0 Å². The van der Waals surface area contributed by atoms with Crippen molar-refractivity contribution in [2.24, 2.45) is 0 Å². The van der Waals surface area contributed by atoms with Gasteiger partial charge in [0.2, 0.25) is 0 Å². The zero-order valence-corrected chi connectivity index (χ0v) is 21.3. The first-order valence-electron chi connectivity index (χ1n) is 11.6. The highest BCUT2D eigenvalue weighted by atomic mass is 16.9. The topological polar surface area (TPSA) is 203 Å². The van der Waals surface area contributed by atoms with Crippen LogP contribution in [-0.4, -0.2) is 79.3 Å². The summed E-state index contributed by atoms with van der Waals surface area (Å²) in [5.41, 5.74) is -0.719. The van der Waals surface area contributed by atoms with Crippen molar-refractivity contribution < 1.29 is 62.7 Å². The monoisotopic (exact) mass is 543 g/mol. The van der Waals surface area contributed by atoms with Crippen molar-refractivity contribution in [3.05, 3.63) is 0 Å². The molecule has 0 spiro atoms. The quantitative estimate of drug-likeness (QED) is 0.297. The summed E-state index contributed by atoms with van der Waals surface area (Å²) in [5, 5.41) is 9.50. The molecule has 6 amide bonds. The Balaban J connectivity index is 0.000000227. The lowest BCUT2D eigenvalue weighted by atomic mass is 10.4. The van der Waals surface area contributed by atoms with Crippen LogP contribution in [0.25, 0.3) is 0 Å². The fourth-order valence-corrected chi connectivity index (χ4v) is 2.59. The fourth-order valence-electron chi connectivity index (χ4n) is 2.59. The number of ether oxygens (including phenoxy) is 1. The van der Waals surface area contributed by atoms with E-state index in [1.54, 1.807) is 6.92 Å². The molecular weight excluding hydrogens is 514 g/mol. The number of hydrogen-bond acceptors (Lipinski definition) is 13. The van der Waals surface area contributed by atoms with Gasteiger partial charge in [-0.2, -0.15) is 4.79 Å². The van der Waals surface area contributed by atoms with Gasteiger partial charge in [0.15, 0.2) is 0 Å². The normalized spacial score (nSPS) is 19.8. The molecule has 0 aromatic rings. The summed E-state index contributed by atoms with van der Waals surface area (Å²) in [4.78, 5) is 102. The molecule has 0 atom stereocenters. The van der Waals surface area contributed by atoms with Gasteiger partial charge in [-0.1, -0.05) is 10.1 Å². The Hall–Kier alpha value is -4.08. The van der Waals surface area contributed by atoms with Crippen molar-refractivity contribution >= 4 is 47.8 Å². The van der Waals surface area contributed by atoms with Gasteiger partial charge in [-0.05, 0) is 39.5 Å². The molecule has 0 bridgehead atoms. The Bertz CT molecular complexity index is 976. The first-order valence-corrected chi connectivity index (χ1v) is 11.6. The summed E-state index contributed by atoms with van der Waals surface area (Å²) in [7, 11) is 0. The average Bonchev–Trinajstić information content (AvgIpc) is 3.67. The number of imide groups is 3. The minimum Gasteiger partial charge on any atom is -0.426 e. The molecule has 4 aliphatic rings. The van der Waals surface area contributed by atoms with Crippen molar-refractivity contribution in [3.8, 4) is 0 Å². The Morgan fingerprint density at radius 3 is 1.34 bits per heavy atom. The molecule has 2 saturated heterocycles. The SMILES string of the molecule is CC(=O)N(OC(=O)ON1C(=O)CCC1=O)C(C)=O.CC1(O)CC1.CC1(OC(=O)ON2C(=O)CCC2=O)CC1. The zero-order valence-electron chi connectivity index (χ0n) is 21.3. The van der Waals surface area contributed by atoms with E-state index < -0.39 is 53.4 Å². The first kappa shape index (κ1) is 30.1. The molecule has 0 aromatic heterocycles. The van der Waals surface area contributed by atoms with Gasteiger partial charge < -0.3 is 9.84 Å². The van der Waals surface area contributed by atoms with Gasteiger partial charge in [0.1, 0.15) is 5.60 Å². The fraction of sp³-hybridized carbons (Fsp3) is 0.636. The van der Waals surface area contributed by atoms with E-state index in [4.69, 9.17) is 9.84 Å². The van der Waals surface area contributed by atoms with Gasteiger partial charge in [0.25, 0.3) is 35.4 Å². The summed E-state index contributed by atoms with van der Waals surface area (Å²) in [6, 6.07) is 0. The largest absolute Gasteiger partial charge is 0.560 e. The molecule has 1 N–H and O–H groups in total. The summed E-state index contributed by atoms with van der Waals surface area (Å²) in [5.74, 6) is -4.10. The van der Waals surface area contributed by atoms with Gasteiger partial charge in [-0.25, -0.2) is 4.79 Å². The lowest BCUT2D eigenvalue weighted by Gasteiger charge is -2.17. The highest BCUT2D eigenvalue weighted by Gasteiger charge is 2.44. The molecule has 2 saturated carbocycles. The van der Waals surface area contributed by atoms with Crippen LogP contribution in [0.2, 0.25) is 0 Å². The molecule has 0 radical (unpaired) electrons. The molecule has 38 heavy (non-hydrogen) atoms. The molecule has 2 aliphatic carbocycles. The number of nitrogens with zero attached hydrogens (tertiary/aromatic N) is 3. The predicted octanol–water partition coefficient (Wildman–Crippen LogP) is 0.801. The van der Waals surface area contributed by atoms with Crippen molar-refractivity contribution in [1.29, 1.82) is 0 Å². The molecule has 0 aromatic carbocycles. The second kappa shape index (κ2) is 12.0. The van der Waals surface area contributed by atoms with E-state index in [0.29, 0.717) is 5.06 Å². The zero-order chi connectivity index (χ0) is 28.8. The van der Waals surface area contributed by atoms with Crippen LogP contribution in [0.4, 0.5) is 9.59 Å². The van der Waals surface area contributed by atoms with Gasteiger partial charge >= 0.3 is 12.3 Å². The Morgan fingerprint density at radius 2 is 1.05 bits per heavy atom. The third-order valence-corrected chi connectivity index (χ3v) is 5.34. The Morgan fingerprint density at radius 1 is 0.711 bits per heavy atom. The number of hydroxylamine groups is 6. The van der Waals surface area contributed by atoms with Gasteiger partial charge in [-0.15, -0.1) is 5.06 Å². The summed E-state index contributed by atoms with van der Waals surface area (Å²) >= 11 is 0. The van der Waals surface area contributed by atoms with Gasteiger partial charge in [0, 0.05) is 39.5 Å². The van der Waals surface area contributed by atoms with Crippen molar-refractivity contribution in [2.75, 3.05) is 0 Å². The van der Waals surface area contributed by atoms with Crippen LogP contribution in [0.3, 0.4) is 0 Å². The number of aliphatic hydroxyl groups is 1. The lowest BCUT2D eigenvalue weighted by Crippen LogP contribution is -2.39. The Kier molecular flexibility index (Phi) is 9.50. The Labute approximate surface area is 216 Å². The summed E-state index contributed by atoms with van der Waals surface area (Å²) < 4.78 is 4.90. The molecule has 0 unspecified atom stereocenters. The average molecular weight is 543 g/mol. The molecule has 210 valence electrons. The standard InChI is InChI=1S/C9H10N2O7.C9H11NO5.C4H8O/c1-5(12)10(6(2)13)17-9(16)18-11-7(14)3-4-8(11)15;1-9(4-5-9)14-8(13)15-10-6(11)2-3-7(10)12;1-4(5)2-3-4/h3-4H2,1-2H3;2-5H2,1H3;5H,2-3H2,1H3.